The van der Waals surface area contributed by atoms with Crippen molar-refractivity contribution in [1.82, 2.24) is 9.78 Å². The summed E-state index contributed by atoms with van der Waals surface area (Å²) in [5.74, 6) is -0.233. The maximum Gasteiger partial charge on any atom is 0.124 e. The standard InChI is InChI=1S/C10H11FN2O/c1-14-5-4-13-10-3-2-9(11)6-8(10)7-12-13/h2-3,6-7H,4-5H2,1H3. The molecule has 0 atom stereocenters. The van der Waals surface area contributed by atoms with Gasteiger partial charge >= 0.3 is 0 Å². The Hall–Kier alpha value is -1.42. The Morgan fingerprint density at radius 1 is 1.50 bits per heavy atom. The molecule has 1 heterocycles. The first-order valence-corrected chi connectivity index (χ1v) is 4.41. The molecule has 1 aromatic carbocycles. The second-order valence-electron chi connectivity index (χ2n) is 3.06. The number of nitrogens with zero attached hydrogens (tertiary/aromatic N) is 2. The molecule has 2 rings (SSSR count). The molecule has 0 aliphatic carbocycles. The van der Waals surface area contributed by atoms with E-state index in [1.165, 1.54) is 12.1 Å². The highest BCUT2D eigenvalue weighted by molar-refractivity contribution is 5.78. The lowest BCUT2D eigenvalue weighted by Crippen LogP contribution is -2.05. The fourth-order valence-corrected chi connectivity index (χ4v) is 1.41. The molecule has 0 spiro atoms. The topological polar surface area (TPSA) is 27.1 Å². The van der Waals surface area contributed by atoms with Crippen LogP contribution in [0.25, 0.3) is 10.9 Å². The van der Waals surface area contributed by atoms with Crippen LogP contribution in [0, 0.1) is 5.82 Å². The first kappa shape index (κ1) is 9.15. The highest BCUT2D eigenvalue weighted by atomic mass is 19.1. The van der Waals surface area contributed by atoms with Crippen molar-refractivity contribution in [2.45, 2.75) is 6.54 Å². The number of hydrogen-bond acceptors (Lipinski definition) is 2. The van der Waals surface area contributed by atoms with E-state index in [0.29, 0.717) is 13.2 Å². The Morgan fingerprint density at radius 2 is 2.36 bits per heavy atom. The SMILES string of the molecule is COCCn1ncc2cc(F)ccc21. The van der Waals surface area contributed by atoms with Gasteiger partial charge in [0.2, 0.25) is 0 Å². The first-order chi connectivity index (χ1) is 6.81. The molecule has 1 aromatic heterocycles. The number of halogens is 1. The third-order valence-corrected chi connectivity index (χ3v) is 2.11. The van der Waals surface area contributed by atoms with Crippen molar-refractivity contribution in [3.05, 3.63) is 30.2 Å². The number of hydrogen-bond donors (Lipinski definition) is 0. The van der Waals surface area contributed by atoms with Gasteiger partial charge in [-0.25, -0.2) is 4.39 Å². The van der Waals surface area contributed by atoms with E-state index in [-0.39, 0.29) is 5.82 Å². The molecule has 74 valence electrons. The maximum atomic E-state index is 12.8. The largest absolute Gasteiger partial charge is 0.383 e. The van der Waals surface area contributed by atoms with E-state index in [4.69, 9.17) is 4.74 Å². The second kappa shape index (κ2) is 3.75. The van der Waals surface area contributed by atoms with Crippen molar-refractivity contribution >= 4 is 10.9 Å². The smallest absolute Gasteiger partial charge is 0.124 e. The maximum absolute atomic E-state index is 12.8. The average molecular weight is 194 g/mol. The second-order valence-corrected chi connectivity index (χ2v) is 3.06. The predicted octanol–water partition coefficient (Wildman–Crippen LogP) is 1.82. The Balaban J connectivity index is 2.37. The molecular weight excluding hydrogens is 183 g/mol. The van der Waals surface area contributed by atoms with Crippen molar-refractivity contribution in [1.29, 1.82) is 0 Å². The summed E-state index contributed by atoms with van der Waals surface area (Å²) in [6, 6.07) is 4.65. The molecule has 0 unspecified atom stereocenters. The highest BCUT2D eigenvalue weighted by Gasteiger charge is 2.02. The minimum absolute atomic E-state index is 0.233. The summed E-state index contributed by atoms with van der Waals surface area (Å²) in [5.41, 5.74) is 0.934. The molecule has 0 N–H and O–H groups in total. The van der Waals surface area contributed by atoms with E-state index in [2.05, 4.69) is 5.10 Å². The molecule has 0 saturated heterocycles. The zero-order valence-electron chi connectivity index (χ0n) is 7.90. The molecule has 0 amide bonds. The molecule has 0 bridgehead atoms. The summed E-state index contributed by atoms with van der Waals surface area (Å²) in [6.07, 6.45) is 1.66. The zero-order valence-corrected chi connectivity index (χ0v) is 7.90. The van der Waals surface area contributed by atoms with Gasteiger partial charge in [0.05, 0.1) is 24.9 Å². The Bertz CT molecular complexity index is 439. The summed E-state index contributed by atoms with van der Waals surface area (Å²) < 4.78 is 19.6. The Kier molecular flexibility index (Phi) is 2.45. The van der Waals surface area contributed by atoms with Crippen molar-refractivity contribution in [3.63, 3.8) is 0 Å². The van der Waals surface area contributed by atoms with Crippen LogP contribution in [0.5, 0.6) is 0 Å². The van der Waals surface area contributed by atoms with Crippen molar-refractivity contribution in [2.24, 2.45) is 0 Å². The van der Waals surface area contributed by atoms with Crippen molar-refractivity contribution in [2.75, 3.05) is 13.7 Å². The number of methoxy groups -OCH3 is 1. The summed E-state index contributed by atoms with van der Waals surface area (Å²) >= 11 is 0. The van der Waals surface area contributed by atoms with Gasteiger partial charge in [0.25, 0.3) is 0 Å². The van der Waals surface area contributed by atoms with Gasteiger partial charge in [-0.2, -0.15) is 5.10 Å². The summed E-state index contributed by atoms with van der Waals surface area (Å²) in [7, 11) is 1.64. The van der Waals surface area contributed by atoms with Crippen LogP contribution < -0.4 is 0 Å². The molecule has 14 heavy (non-hydrogen) atoms. The van der Waals surface area contributed by atoms with Gasteiger partial charge in [-0.05, 0) is 18.2 Å². The fourth-order valence-electron chi connectivity index (χ4n) is 1.41. The molecule has 0 aliphatic heterocycles. The molecule has 0 saturated carbocycles. The van der Waals surface area contributed by atoms with E-state index >= 15 is 0 Å². The summed E-state index contributed by atoms with van der Waals surface area (Å²) in [5, 5.41) is 4.96. The molecule has 0 fully saturated rings. The summed E-state index contributed by atoms with van der Waals surface area (Å²) in [6.45, 7) is 1.29. The van der Waals surface area contributed by atoms with Crippen LogP contribution >= 0.6 is 0 Å². The minimum atomic E-state index is -0.233. The van der Waals surface area contributed by atoms with Crippen LogP contribution in [-0.2, 0) is 11.3 Å². The lowest BCUT2D eigenvalue weighted by Gasteiger charge is -2.01. The van der Waals surface area contributed by atoms with E-state index in [9.17, 15) is 4.39 Å². The molecule has 4 heteroatoms. The third-order valence-electron chi connectivity index (χ3n) is 2.11. The van der Waals surface area contributed by atoms with Crippen LogP contribution in [0.1, 0.15) is 0 Å². The number of fused-ring (bicyclic) bond motifs is 1. The normalized spacial score (nSPS) is 11.0. The van der Waals surface area contributed by atoms with Gasteiger partial charge in [0.15, 0.2) is 0 Å². The predicted molar refractivity (Wildman–Crippen MR) is 51.6 cm³/mol. The number of ether oxygens (including phenoxy) is 1. The van der Waals surface area contributed by atoms with Gasteiger partial charge in [-0.3, -0.25) is 4.68 Å². The summed E-state index contributed by atoms with van der Waals surface area (Å²) in [4.78, 5) is 0. The van der Waals surface area contributed by atoms with Gasteiger partial charge in [0, 0.05) is 12.5 Å². The first-order valence-electron chi connectivity index (χ1n) is 4.41. The average Bonchev–Trinajstić information content (AvgIpc) is 2.57. The lowest BCUT2D eigenvalue weighted by atomic mass is 10.2. The van der Waals surface area contributed by atoms with Crippen LogP contribution in [0.3, 0.4) is 0 Å². The monoisotopic (exact) mass is 194 g/mol. The van der Waals surface area contributed by atoms with Gasteiger partial charge < -0.3 is 4.74 Å². The highest BCUT2D eigenvalue weighted by Crippen LogP contribution is 2.14. The van der Waals surface area contributed by atoms with Crippen molar-refractivity contribution in [3.8, 4) is 0 Å². The van der Waals surface area contributed by atoms with Crippen LogP contribution in [-0.4, -0.2) is 23.5 Å². The molecule has 0 aliphatic rings. The molecule has 0 radical (unpaired) electrons. The Morgan fingerprint density at radius 3 is 3.14 bits per heavy atom. The Labute approximate surface area is 81.1 Å². The van der Waals surface area contributed by atoms with Crippen molar-refractivity contribution < 1.29 is 9.13 Å². The molecule has 2 aromatic rings. The zero-order chi connectivity index (χ0) is 9.97. The molecule has 3 nitrogen and oxygen atoms in total. The van der Waals surface area contributed by atoms with E-state index in [1.807, 2.05) is 0 Å². The lowest BCUT2D eigenvalue weighted by molar-refractivity contribution is 0.185. The van der Waals surface area contributed by atoms with Gasteiger partial charge in [-0.15, -0.1) is 0 Å². The van der Waals surface area contributed by atoms with E-state index in [1.54, 1.807) is 24.1 Å². The number of benzene rings is 1. The number of rotatable bonds is 3. The minimum Gasteiger partial charge on any atom is -0.383 e. The van der Waals surface area contributed by atoms with Gasteiger partial charge in [0.1, 0.15) is 5.82 Å². The van der Waals surface area contributed by atoms with Crippen LogP contribution in [0.2, 0.25) is 0 Å². The fraction of sp³-hybridized carbons (Fsp3) is 0.300. The molecular formula is C10H11FN2O. The van der Waals surface area contributed by atoms with Crippen LogP contribution in [0.15, 0.2) is 24.4 Å². The number of aromatic nitrogens is 2. The third kappa shape index (κ3) is 1.61. The quantitative estimate of drug-likeness (QED) is 0.745. The van der Waals surface area contributed by atoms with Gasteiger partial charge in [-0.1, -0.05) is 0 Å². The van der Waals surface area contributed by atoms with E-state index < -0.39 is 0 Å². The van der Waals surface area contributed by atoms with E-state index in [0.717, 1.165) is 10.9 Å². The van der Waals surface area contributed by atoms with Crippen LogP contribution in [0.4, 0.5) is 4.39 Å².